The molecule has 1 saturated heterocycles. The van der Waals surface area contributed by atoms with E-state index in [4.69, 9.17) is 4.74 Å². The molecule has 0 bridgehead atoms. The molecule has 1 fully saturated rings. The van der Waals surface area contributed by atoms with Crippen LogP contribution in [0, 0.1) is 0 Å². The maximum atomic E-state index is 5.73. The lowest BCUT2D eigenvalue weighted by atomic mass is 10.1. The molecular weight excluding hydrogens is 439 g/mol. The molecule has 0 spiro atoms. The van der Waals surface area contributed by atoms with Crippen LogP contribution < -0.4 is 5.32 Å². The second kappa shape index (κ2) is 10.8. The van der Waals surface area contributed by atoms with Crippen molar-refractivity contribution in [3.05, 3.63) is 36.0 Å². The lowest BCUT2D eigenvalue weighted by molar-refractivity contribution is 0.0264. The summed E-state index contributed by atoms with van der Waals surface area (Å²) < 4.78 is 5.73. The van der Waals surface area contributed by atoms with Gasteiger partial charge in [-0.05, 0) is 44.2 Å². The van der Waals surface area contributed by atoms with E-state index in [-0.39, 0.29) is 24.0 Å². The van der Waals surface area contributed by atoms with E-state index in [2.05, 4.69) is 57.6 Å². The fraction of sp³-hybridized carbons (Fsp3) is 0.550. The molecule has 0 radical (unpaired) electrons. The lowest BCUT2D eigenvalue weighted by Crippen LogP contribution is -2.47. The minimum absolute atomic E-state index is 0. The Bertz CT molecular complexity index is 692. The highest BCUT2D eigenvalue weighted by Crippen LogP contribution is 2.19. The average Bonchev–Trinajstić information content (AvgIpc) is 3.06. The number of rotatable bonds is 6. The van der Waals surface area contributed by atoms with Gasteiger partial charge in [-0.25, -0.2) is 0 Å². The van der Waals surface area contributed by atoms with Crippen molar-refractivity contribution in [2.45, 2.75) is 38.7 Å². The van der Waals surface area contributed by atoms with Crippen LogP contribution in [0.1, 0.15) is 31.7 Å². The molecule has 2 aromatic rings. The maximum Gasteiger partial charge on any atom is 0.193 e. The average molecular weight is 470 g/mol. The number of hydrogen-bond acceptors (Lipinski definition) is 2. The van der Waals surface area contributed by atoms with E-state index in [1.54, 1.807) is 0 Å². The van der Waals surface area contributed by atoms with E-state index in [0.29, 0.717) is 6.10 Å². The zero-order chi connectivity index (χ0) is 17.5. The molecule has 1 aliphatic rings. The van der Waals surface area contributed by atoms with Crippen LogP contribution in [0.3, 0.4) is 0 Å². The Morgan fingerprint density at radius 1 is 1.31 bits per heavy atom. The van der Waals surface area contributed by atoms with E-state index >= 15 is 0 Å². The van der Waals surface area contributed by atoms with E-state index < -0.39 is 0 Å². The number of aliphatic imine (C=N–C) groups is 1. The van der Waals surface area contributed by atoms with Crippen molar-refractivity contribution in [2.75, 3.05) is 33.3 Å². The monoisotopic (exact) mass is 470 g/mol. The van der Waals surface area contributed by atoms with Gasteiger partial charge in [-0.1, -0.05) is 18.2 Å². The molecule has 0 saturated carbocycles. The highest BCUT2D eigenvalue weighted by Gasteiger charge is 2.21. The summed E-state index contributed by atoms with van der Waals surface area (Å²) in [6.45, 7) is 5.86. The Balaban J connectivity index is 0.00000243. The van der Waals surface area contributed by atoms with Gasteiger partial charge in [-0.15, -0.1) is 24.0 Å². The summed E-state index contributed by atoms with van der Waals surface area (Å²) in [4.78, 5) is 10.2. The molecule has 2 N–H and O–H groups in total. The van der Waals surface area contributed by atoms with Crippen LogP contribution >= 0.6 is 24.0 Å². The third-order valence-electron chi connectivity index (χ3n) is 4.94. The minimum Gasteiger partial charge on any atom is -0.378 e. The van der Waals surface area contributed by atoms with Crippen molar-refractivity contribution in [2.24, 2.45) is 4.99 Å². The molecule has 0 unspecified atom stereocenters. The first-order chi connectivity index (χ1) is 12.3. The van der Waals surface area contributed by atoms with Crippen LogP contribution in [-0.4, -0.2) is 55.2 Å². The van der Waals surface area contributed by atoms with Crippen LogP contribution in [-0.2, 0) is 11.2 Å². The molecule has 144 valence electrons. The third kappa shape index (κ3) is 5.36. The van der Waals surface area contributed by atoms with Crippen molar-refractivity contribution in [1.82, 2.24) is 15.2 Å². The number of nitrogens with one attached hydrogen (secondary N) is 2. The molecule has 26 heavy (non-hydrogen) atoms. The Morgan fingerprint density at radius 2 is 2.08 bits per heavy atom. The largest absolute Gasteiger partial charge is 0.378 e. The number of benzene rings is 1. The van der Waals surface area contributed by atoms with Crippen molar-refractivity contribution in [3.63, 3.8) is 0 Å². The number of aromatic nitrogens is 1. The molecule has 1 aromatic carbocycles. The summed E-state index contributed by atoms with van der Waals surface area (Å²) in [5.74, 6) is 1.02. The molecule has 6 heteroatoms. The number of H-pyrrole nitrogens is 1. The van der Waals surface area contributed by atoms with Gasteiger partial charge in [0.2, 0.25) is 0 Å². The Morgan fingerprint density at radius 3 is 2.81 bits per heavy atom. The molecule has 5 nitrogen and oxygen atoms in total. The second-order valence-corrected chi connectivity index (χ2v) is 6.58. The van der Waals surface area contributed by atoms with Crippen molar-refractivity contribution in [1.29, 1.82) is 0 Å². The van der Waals surface area contributed by atoms with Crippen molar-refractivity contribution < 1.29 is 4.74 Å². The highest BCUT2D eigenvalue weighted by molar-refractivity contribution is 14.0. The zero-order valence-corrected chi connectivity index (χ0v) is 18.2. The van der Waals surface area contributed by atoms with Gasteiger partial charge in [-0.2, -0.15) is 0 Å². The van der Waals surface area contributed by atoms with E-state index in [0.717, 1.165) is 57.9 Å². The normalized spacial score (nSPS) is 15.9. The van der Waals surface area contributed by atoms with Crippen molar-refractivity contribution in [3.8, 4) is 0 Å². The molecule has 0 aliphatic carbocycles. The van der Waals surface area contributed by atoms with Crippen LogP contribution in [0.2, 0.25) is 0 Å². The van der Waals surface area contributed by atoms with Crippen LogP contribution in [0.25, 0.3) is 10.9 Å². The number of guanidine groups is 1. The molecule has 0 atom stereocenters. The van der Waals surface area contributed by atoms with Gasteiger partial charge in [0.1, 0.15) is 0 Å². The summed E-state index contributed by atoms with van der Waals surface area (Å²) in [6, 6.07) is 8.50. The lowest BCUT2D eigenvalue weighted by Gasteiger charge is -2.34. The number of fused-ring (bicyclic) bond motifs is 1. The Kier molecular flexibility index (Phi) is 8.71. The number of ether oxygens (including phenoxy) is 1. The van der Waals surface area contributed by atoms with Gasteiger partial charge >= 0.3 is 0 Å². The van der Waals surface area contributed by atoms with Gasteiger partial charge in [-0.3, -0.25) is 4.99 Å². The first-order valence-electron chi connectivity index (χ1n) is 9.44. The SMILES string of the molecule is CCOC1CCN(C(=NC)NCCCc2c[nH]c3ccccc23)CC1.I. The quantitative estimate of drug-likeness (QED) is 0.292. The summed E-state index contributed by atoms with van der Waals surface area (Å²) in [5.41, 5.74) is 2.61. The molecule has 1 aliphatic heterocycles. The maximum absolute atomic E-state index is 5.73. The first-order valence-corrected chi connectivity index (χ1v) is 9.44. The number of likely N-dealkylation sites (tertiary alicyclic amines) is 1. The number of para-hydroxylation sites is 1. The molecule has 3 rings (SSSR count). The first kappa shape index (κ1) is 21.0. The number of hydrogen-bond donors (Lipinski definition) is 2. The summed E-state index contributed by atoms with van der Waals surface area (Å²) >= 11 is 0. The molecule has 2 heterocycles. The summed E-state index contributed by atoms with van der Waals surface area (Å²) in [6.07, 6.45) is 6.89. The predicted octanol–water partition coefficient (Wildman–Crippen LogP) is 3.79. The Labute approximate surface area is 173 Å². The van der Waals surface area contributed by atoms with Gasteiger partial charge in [0.15, 0.2) is 5.96 Å². The topological polar surface area (TPSA) is 52.6 Å². The minimum atomic E-state index is 0. The highest BCUT2D eigenvalue weighted by atomic mass is 127. The fourth-order valence-electron chi connectivity index (χ4n) is 3.62. The van der Waals surface area contributed by atoms with Gasteiger partial charge in [0.05, 0.1) is 6.10 Å². The van der Waals surface area contributed by atoms with Crippen LogP contribution in [0.5, 0.6) is 0 Å². The van der Waals surface area contributed by atoms with Gasteiger partial charge < -0.3 is 19.9 Å². The molecule has 1 aromatic heterocycles. The fourth-order valence-corrected chi connectivity index (χ4v) is 3.62. The predicted molar refractivity (Wildman–Crippen MR) is 120 cm³/mol. The number of nitrogens with zero attached hydrogens (tertiary/aromatic N) is 2. The number of piperidine rings is 1. The number of halogens is 1. The van der Waals surface area contributed by atoms with Gasteiger partial charge in [0, 0.05) is 50.4 Å². The second-order valence-electron chi connectivity index (χ2n) is 6.58. The van der Waals surface area contributed by atoms with Crippen LogP contribution in [0.4, 0.5) is 0 Å². The van der Waals surface area contributed by atoms with Gasteiger partial charge in [0.25, 0.3) is 0 Å². The van der Waals surface area contributed by atoms with E-state index in [1.165, 1.54) is 16.5 Å². The van der Waals surface area contributed by atoms with E-state index in [1.807, 2.05) is 7.05 Å². The summed E-state index contributed by atoms with van der Waals surface area (Å²) in [5, 5.41) is 4.86. The summed E-state index contributed by atoms with van der Waals surface area (Å²) in [7, 11) is 1.87. The smallest absolute Gasteiger partial charge is 0.193 e. The van der Waals surface area contributed by atoms with E-state index in [9.17, 15) is 0 Å². The number of aromatic amines is 1. The molecular formula is C20H31IN4O. The Hall–Kier alpha value is -1.28. The zero-order valence-electron chi connectivity index (χ0n) is 15.8. The number of aryl methyl sites for hydroxylation is 1. The standard InChI is InChI=1S/C20H30N4O.HI/c1-3-25-17-10-13-24(14-11-17)20(21-2)22-12-6-7-16-15-23-19-9-5-4-8-18(16)19;/h4-5,8-9,15,17,23H,3,6-7,10-14H2,1-2H3,(H,21,22);1H. The third-order valence-corrected chi connectivity index (χ3v) is 4.94. The van der Waals surface area contributed by atoms with Crippen molar-refractivity contribution >= 4 is 40.8 Å². The molecule has 0 amide bonds. The van der Waals surface area contributed by atoms with Crippen LogP contribution in [0.15, 0.2) is 35.5 Å².